The van der Waals surface area contributed by atoms with E-state index in [1.807, 2.05) is 31.2 Å². The Bertz CT molecular complexity index is 1150. The Morgan fingerprint density at radius 2 is 2.00 bits per heavy atom. The fraction of sp³-hybridized carbons (Fsp3) is 0.417. The summed E-state index contributed by atoms with van der Waals surface area (Å²) in [6, 6.07) is 11.1. The summed E-state index contributed by atoms with van der Waals surface area (Å²) in [5.41, 5.74) is 1.01. The van der Waals surface area contributed by atoms with Gasteiger partial charge in [-0.2, -0.15) is 9.67 Å². The number of hydrogen-bond donors (Lipinski definition) is 0. The number of methoxy groups -OCH3 is 1. The van der Waals surface area contributed by atoms with Crippen molar-refractivity contribution in [3.05, 3.63) is 48.2 Å². The third-order valence-electron chi connectivity index (χ3n) is 6.29. The van der Waals surface area contributed by atoms with E-state index in [0.717, 1.165) is 11.3 Å². The van der Waals surface area contributed by atoms with Crippen molar-refractivity contribution in [3.63, 3.8) is 0 Å². The number of fused-ring (bicyclic) bond motifs is 1. The number of carbonyl (C=O) groups excluding carboxylic acids is 2. The molecule has 3 aromatic rings. The second-order valence-electron chi connectivity index (χ2n) is 8.26. The molecule has 2 aliphatic heterocycles. The second kappa shape index (κ2) is 9.63. The molecule has 1 fully saturated rings. The van der Waals surface area contributed by atoms with Crippen LogP contribution >= 0.6 is 11.8 Å². The number of ether oxygens (including phenoxy) is 2. The van der Waals surface area contributed by atoms with E-state index in [1.54, 1.807) is 25.5 Å². The number of likely N-dealkylation sites (tertiary alicyclic amines) is 1. The van der Waals surface area contributed by atoms with Gasteiger partial charge >= 0.3 is 5.97 Å². The zero-order valence-electron chi connectivity index (χ0n) is 19.0. The molecule has 5 rings (SSSR count). The van der Waals surface area contributed by atoms with E-state index in [-0.39, 0.29) is 23.8 Å². The topological polar surface area (TPSA) is 99.7 Å². The lowest BCUT2D eigenvalue weighted by Gasteiger charge is -2.38. The molecule has 0 radical (unpaired) electrons. The molecule has 0 amide bonds. The number of piperidine rings is 1. The van der Waals surface area contributed by atoms with Crippen LogP contribution in [0.2, 0.25) is 0 Å². The summed E-state index contributed by atoms with van der Waals surface area (Å²) in [5, 5.41) is 4.56. The van der Waals surface area contributed by atoms with Crippen LogP contribution < -0.4 is 4.74 Å². The number of carbonyl (C=O) groups is 2. The van der Waals surface area contributed by atoms with Crippen LogP contribution in [0.15, 0.2) is 52.2 Å². The minimum absolute atomic E-state index is 0.104. The van der Waals surface area contributed by atoms with Gasteiger partial charge < -0.3 is 13.9 Å². The van der Waals surface area contributed by atoms with Crippen LogP contribution in [0.4, 0.5) is 0 Å². The average Bonchev–Trinajstić information content (AvgIpc) is 3.59. The Morgan fingerprint density at radius 3 is 2.62 bits per heavy atom. The molecule has 2 aromatic heterocycles. The lowest BCUT2D eigenvalue weighted by molar-refractivity contribution is -0.149. The Balaban J connectivity index is 1.40. The van der Waals surface area contributed by atoms with Crippen molar-refractivity contribution in [2.45, 2.75) is 36.2 Å². The maximum absolute atomic E-state index is 13.5. The first kappa shape index (κ1) is 22.7. The zero-order chi connectivity index (χ0) is 23.7. The van der Waals surface area contributed by atoms with E-state index < -0.39 is 5.25 Å². The van der Waals surface area contributed by atoms with Gasteiger partial charge in [-0.05, 0) is 62.7 Å². The fourth-order valence-corrected chi connectivity index (χ4v) is 5.82. The lowest BCUT2D eigenvalue weighted by atomic mass is 9.92. The molecular weight excluding hydrogens is 456 g/mol. The summed E-state index contributed by atoms with van der Waals surface area (Å²) in [6.45, 7) is 3.60. The summed E-state index contributed by atoms with van der Waals surface area (Å²) >= 11 is 1.42. The molecule has 0 spiro atoms. The Kier molecular flexibility index (Phi) is 6.42. The van der Waals surface area contributed by atoms with Gasteiger partial charge in [0.25, 0.3) is 5.91 Å². The van der Waals surface area contributed by atoms with Crippen LogP contribution in [0, 0.1) is 5.92 Å². The fourth-order valence-electron chi connectivity index (χ4n) is 4.56. The highest BCUT2D eigenvalue weighted by Crippen LogP contribution is 2.43. The van der Waals surface area contributed by atoms with Gasteiger partial charge in [0.15, 0.2) is 10.9 Å². The van der Waals surface area contributed by atoms with E-state index in [9.17, 15) is 9.59 Å². The number of hydrogen-bond acceptors (Lipinski definition) is 9. The quantitative estimate of drug-likeness (QED) is 0.467. The third-order valence-corrected chi connectivity index (χ3v) is 7.48. The van der Waals surface area contributed by atoms with Gasteiger partial charge in [0.2, 0.25) is 5.82 Å². The van der Waals surface area contributed by atoms with Crippen LogP contribution in [0.25, 0.3) is 11.6 Å². The first-order valence-corrected chi connectivity index (χ1v) is 12.2. The summed E-state index contributed by atoms with van der Waals surface area (Å²) in [5.74, 6) is 1.33. The molecule has 34 heavy (non-hydrogen) atoms. The van der Waals surface area contributed by atoms with Crippen LogP contribution in [-0.2, 0) is 9.53 Å². The van der Waals surface area contributed by atoms with Crippen LogP contribution in [-0.4, -0.2) is 63.6 Å². The second-order valence-corrected chi connectivity index (χ2v) is 9.37. The van der Waals surface area contributed by atoms with Crippen molar-refractivity contribution in [3.8, 4) is 17.3 Å². The Hall–Kier alpha value is -3.11. The van der Waals surface area contributed by atoms with Crippen LogP contribution in [0.5, 0.6) is 5.75 Å². The number of esters is 1. The van der Waals surface area contributed by atoms with Gasteiger partial charge in [-0.1, -0.05) is 23.9 Å². The highest BCUT2D eigenvalue weighted by molar-refractivity contribution is 8.00. The molecule has 1 saturated heterocycles. The number of nitrogens with zero attached hydrogens (tertiary/aromatic N) is 4. The van der Waals surface area contributed by atoms with Crippen LogP contribution in [0.3, 0.4) is 0 Å². The number of rotatable bonds is 7. The highest BCUT2D eigenvalue weighted by atomic mass is 32.2. The molecule has 1 aromatic carbocycles. The molecule has 0 saturated carbocycles. The van der Waals surface area contributed by atoms with Gasteiger partial charge in [-0.3, -0.25) is 14.5 Å². The molecule has 0 bridgehead atoms. The predicted molar refractivity (Wildman–Crippen MR) is 125 cm³/mol. The molecule has 10 heteroatoms. The normalized spacial score (nSPS) is 19.7. The van der Waals surface area contributed by atoms with E-state index in [0.29, 0.717) is 49.3 Å². The lowest BCUT2D eigenvalue weighted by Crippen LogP contribution is -2.44. The molecule has 2 aliphatic rings. The molecule has 178 valence electrons. The van der Waals surface area contributed by atoms with Crippen molar-refractivity contribution in [2.24, 2.45) is 5.92 Å². The minimum Gasteiger partial charge on any atom is -0.497 e. The summed E-state index contributed by atoms with van der Waals surface area (Å²) in [4.78, 5) is 32.6. The maximum atomic E-state index is 13.5. The van der Waals surface area contributed by atoms with Gasteiger partial charge in [0, 0.05) is 0 Å². The average molecular weight is 483 g/mol. The molecule has 2 atom stereocenters. The molecule has 9 nitrogen and oxygen atoms in total. The number of benzene rings is 1. The van der Waals surface area contributed by atoms with E-state index in [4.69, 9.17) is 13.9 Å². The Morgan fingerprint density at radius 1 is 1.24 bits per heavy atom. The van der Waals surface area contributed by atoms with Crippen molar-refractivity contribution in [1.29, 1.82) is 0 Å². The van der Waals surface area contributed by atoms with Crippen molar-refractivity contribution in [1.82, 2.24) is 19.7 Å². The van der Waals surface area contributed by atoms with Crippen molar-refractivity contribution >= 4 is 23.6 Å². The largest absolute Gasteiger partial charge is 0.497 e. The minimum atomic E-state index is -0.409. The molecule has 4 heterocycles. The van der Waals surface area contributed by atoms with Crippen molar-refractivity contribution < 1.29 is 23.5 Å². The monoisotopic (exact) mass is 482 g/mol. The summed E-state index contributed by atoms with van der Waals surface area (Å²) in [6.07, 6.45) is 2.95. The van der Waals surface area contributed by atoms with Gasteiger partial charge in [-0.25, -0.2) is 0 Å². The SMILES string of the molecule is CCOC(=O)C1CCN(C(c2ccc(OC)cc2)C2Sc3nc(-c4ccco4)nn3C2=O)CC1. The van der Waals surface area contributed by atoms with Gasteiger partial charge in [-0.15, -0.1) is 5.10 Å². The smallest absolute Gasteiger partial charge is 0.309 e. The molecule has 2 unspecified atom stereocenters. The number of thioether (sulfide) groups is 1. The molecule has 0 aliphatic carbocycles. The van der Waals surface area contributed by atoms with Crippen molar-refractivity contribution in [2.75, 3.05) is 26.8 Å². The maximum Gasteiger partial charge on any atom is 0.309 e. The zero-order valence-corrected chi connectivity index (χ0v) is 19.9. The van der Waals surface area contributed by atoms with Gasteiger partial charge in [0.1, 0.15) is 11.0 Å². The first-order chi connectivity index (χ1) is 16.6. The highest BCUT2D eigenvalue weighted by Gasteiger charge is 2.44. The Labute approximate surface area is 201 Å². The molecular formula is C24H26N4O5S. The first-order valence-electron chi connectivity index (χ1n) is 11.4. The van der Waals surface area contributed by atoms with Crippen LogP contribution in [0.1, 0.15) is 36.2 Å². The third kappa shape index (κ3) is 4.23. The summed E-state index contributed by atoms with van der Waals surface area (Å²) in [7, 11) is 1.63. The number of aromatic nitrogens is 3. The number of furan rings is 1. The standard InChI is InChI=1S/C24H26N4O5S/c1-3-32-23(30)16-10-12-27(13-11-16)19(15-6-8-17(31-2)9-7-15)20-22(29)28-24(34-20)25-21(26-28)18-5-4-14-33-18/h4-9,14,16,19-20H,3,10-13H2,1-2H3. The van der Waals surface area contributed by atoms with E-state index >= 15 is 0 Å². The molecule has 0 N–H and O–H groups in total. The van der Waals surface area contributed by atoms with E-state index in [2.05, 4.69) is 15.0 Å². The predicted octanol–water partition coefficient (Wildman–Crippen LogP) is 3.68. The summed E-state index contributed by atoms with van der Waals surface area (Å²) < 4.78 is 17.3. The van der Waals surface area contributed by atoms with E-state index in [1.165, 1.54) is 16.4 Å². The van der Waals surface area contributed by atoms with Gasteiger partial charge in [0.05, 0.1) is 31.9 Å².